The zero-order chi connectivity index (χ0) is 15.6. The highest BCUT2D eigenvalue weighted by atomic mass is 79.9. The van der Waals surface area contributed by atoms with Crippen LogP contribution in [0.5, 0.6) is 0 Å². The summed E-state index contributed by atoms with van der Waals surface area (Å²) < 4.78 is 0.983. The van der Waals surface area contributed by atoms with Gasteiger partial charge in [0.05, 0.1) is 4.92 Å². The molecule has 2 rings (SSSR count). The van der Waals surface area contributed by atoms with Crippen LogP contribution in [0, 0.1) is 24.0 Å². The highest BCUT2D eigenvalue weighted by molar-refractivity contribution is 9.10. The number of aryl methyl sites for hydroxylation is 2. The zero-order valence-corrected chi connectivity index (χ0v) is 13.8. The first-order valence-electron chi connectivity index (χ1n) is 6.66. The standard InChI is InChI=1S/C16H17BrN2O2/c1-10-8-15(16(19(20)21)9-11(10)2)18-12(3)13-6-4-5-7-14(13)17/h4-9,12,18H,1-3H3. The molecule has 1 N–H and O–H groups in total. The van der Waals surface area contributed by atoms with Crippen LogP contribution in [-0.4, -0.2) is 4.92 Å². The number of benzene rings is 2. The molecule has 0 amide bonds. The van der Waals surface area contributed by atoms with Crippen molar-refractivity contribution in [2.24, 2.45) is 0 Å². The van der Waals surface area contributed by atoms with E-state index in [2.05, 4.69) is 21.2 Å². The minimum Gasteiger partial charge on any atom is -0.373 e. The predicted octanol–water partition coefficient (Wildman–Crippen LogP) is 5.15. The molecule has 1 atom stereocenters. The van der Waals surface area contributed by atoms with Crippen molar-refractivity contribution in [2.45, 2.75) is 26.8 Å². The molecule has 0 fully saturated rings. The molecule has 0 bridgehead atoms. The molecule has 5 heteroatoms. The van der Waals surface area contributed by atoms with Gasteiger partial charge in [0, 0.05) is 16.6 Å². The van der Waals surface area contributed by atoms with E-state index in [1.54, 1.807) is 6.07 Å². The van der Waals surface area contributed by atoms with Gasteiger partial charge in [0.2, 0.25) is 0 Å². The number of nitro benzene ring substituents is 1. The Morgan fingerprint density at radius 3 is 2.43 bits per heavy atom. The second-order valence-electron chi connectivity index (χ2n) is 5.10. The summed E-state index contributed by atoms with van der Waals surface area (Å²) in [6.45, 7) is 5.82. The third kappa shape index (κ3) is 3.42. The lowest BCUT2D eigenvalue weighted by Crippen LogP contribution is -2.09. The van der Waals surface area contributed by atoms with E-state index in [1.165, 1.54) is 0 Å². The molecule has 0 radical (unpaired) electrons. The van der Waals surface area contributed by atoms with Gasteiger partial charge in [-0.15, -0.1) is 0 Å². The molecule has 0 aromatic heterocycles. The Morgan fingerprint density at radius 1 is 1.19 bits per heavy atom. The molecule has 0 heterocycles. The summed E-state index contributed by atoms with van der Waals surface area (Å²) in [5.41, 5.74) is 3.66. The number of rotatable bonds is 4. The average molecular weight is 349 g/mol. The quantitative estimate of drug-likeness (QED) is 0.614. The number of nitrogens with one attached hydrogen (secondary N) is 1. The van der Waals surface area contributed by atoms with Gasteiger partial charge in [-0.3, -0.25) is 10.1 Å². The fourth-order valence-corrected chi connectivity index (χ4v) is 2.83. The summed E-state index contributed by atoms with van der Waals surface area (Å²) >= 11 is 3.51. The fraction of sp³-hybridized carbons (Fsp3) is 0.250. The van der Waals surface area contributed by atoms with Crippen molar-refractivity contribution >= 4 is 27.3 Å². The first kappa shape index (κ1) is 15.5. The molecule has 0 saturated heterocycles. The Balaban J connectivity index is 2.37. The summed E-state index contributed by atoms with van der Waals surface area (Å²) in [6.07, 6.45) is 0. The zero-order valence-electron chi connectivity index (χ0n) is 12.2. The smallest absolute Gasteiger partial charge is 0.292 e. The number of nitro groups is 1. The minimum atomic E-state index is -0.346. The lowest BCUT2D eigenvalue weighted by atomic mass is 10.1. The molecule has 0 aliphatic heterocycles. The molecule has 1 unspecified atom stereocenters. The van der Waals surface area contributed by atoms with E-state index in [4.69, 9.17) is 0 Å². The minimum absolute atomic E-state index is 0.0404. The molecule has 110 valence electrons. The van der Waals surface area contributed by atoms with Gasteiger partial charge in [-0.1, -0.05) is 34.1 Å². The highest BCUT2D eigenvalue weighted by Crippen LogP contribution is 2.32. The average Bonchev–Trinajstić information content (AvgIpc) is 2.42. The maximum absolute atomic E-state index is 11.2. The number of halogens is 1. The maximum Gasteiger partial charge on any atom is 0.292 e. The van der Waals surface area contributed by atoms with Crippen LogP contribution in [0.3, 0.4) is 0 Å². The lowest BCUT2D eigenvalue weighted by molar-refractivity contribution is -0.384. The number of nitrogens with zero attached hydrogens (tertiary/aromatic N) is 1. The van der Waals surface area contributed by atoms with Gasteiger partial charge in [-0.2, -0.15) is 0 Å². The summed E-state index contributed by atoms with van der Waals surface area (Å²) in [7, 11) is 0. The molecule has 2 aromatic rings. The molecule has 0 saturated carbocycles. The highest BCUT2D eigenvalue weighted by Gasteiger charge is 2.18. The van der Waals surface area contributed by atoms with E-state index in [-0.39, 0.29) is 16.7 Å². The predicted molar refractivity (Wildman–Crippen MR) is 88.8 cm³/mol. The number of hydrogen-bond acceptors (Lipinski definition) is 3. The van der Waals surface area contributed by atoms with Crippen LogP contribution in [0.1, 0.15) is 29.7 Å². The summed E-state index contributed by atoms with van der Waals surface area (Å²) in [6, 6.07) is 11.3. The molecule has 0 spiro atoms. The molecule has 2 aromatic carbocycles. The lowest BCUT2D eigenvalue weighted by Gasteiger charge is -2.18. The Labute approximate surface area is 132 Å². The van der Waals surface area contributed by atoms with Gasteiger partial charge in [-0.25, -0.2) is 0 Å². The van der Waals surface area contributed by atoms with Crippen molar-refractivity contribution in [1.82, 2.24) is 0 Å². The summed E-state index contributed by atoms with van der Waals surface area (Å²) in [5.74, 6) is 0. The molecular formula is C16H17BrN2O2. The summed E-state index contributed by atoms with van der Waals surface area (Å²) in [4.78, 5) is 10.9. The van der Waals surface area contributed by atoms with E-state index in [1.807, 2.05) is 51.1 Å². The first-order chi connectivity index (χ1) is 9.90. The van der Waals surface area contributed by atoms with Crippen molar-refractivity contribution in [3.63, 3.8) is 0 Å². The van der Waals surface area contributed by atoms with Crippen molar-refractivity contribution in [3.8, 4) is 0 Å². The normalized spacial score (nSPS) is 12.0. The largest absolute Gasteiger partial charge is 0.373 e. The number of anilines is 1. The number of hydrogen-bond donors (Lipinski definition) is 1. The van der Waals surface area contributed by atoms with Gasteiger partial charge in [0.25, 0.3) is 5.69 Å². The van der Waals surface area contributed by atoms with E-state index in [0.29, 0.717) is 5.69 Å². The van der Waals surface area contributed by atoms with Crippen molar-refractivity contribution in [3.05, 3.63) is 67.7 Å². The Hall–Kier alpha value is -1.88. The van der Waals surface area contributed by atoms with Crippen molar-refractivity contribution in [2.75, 3.05) is 5.32 Å². The monoisotopic (exact) mass is 348 g/mol. The van der Waals surface area contributed by atoms with Gasteiger partial charge in [0.15, 0.2) is 0 Å². The van der Waals surface area contributed by atoms with Crippen LogP contribution >= 0.6 is 15.9 Å². The van der Waals surface area contributed by atoms with Crippen LogP contribution in [0.25, 0.3) is 0 Å². The first-order valence-corrected chi connectivity index (χ1v) is 7.46. The van der Waals surface area contributed by atoms with E-state index in [9.17, 15) is 10.1 Å². The van der Waals surface area contributed by atoms with Crippen LogP contribution in [0.4, 0.5) is 11.4 Å². The van der Waals surface area contributed by atoms with Gasteiger partial charge >= 0.3 is 0 Å². The fourth-order valence-electron chi connectivity index (χ4n) is 2.20. The van der Waals surface area contributed by atoms with Crippen LogP contribution in [0.15, 0.2) is 40.9 Å². The van der Waals surface area contributed by atoms with Gasteiger partial charge in [0.1, 0.15) is 5.69 Å². The summed E-state index contributed by atoms with van der Waals surface area (Å²) in [5, 5.41) is 14.5. The maximum atomic E-state index is 11.2. The Bertz CT molecular complexity index is 686. The molecule has 0 aliphatic rings. The topological polar surface area (TPSA) is 55.2 Å². The molecule has 4 nitrogen and oxygen atoms in total. The SMILES string of the molecule is Cc1cc(NC(C)c2ccccc2Br)c([N+](=O)[O-])cc1C. The van der Waals surface area contributed by atoms with E-state index >= 15 is 0 Å². The second kappa shape index (κ2) is 6.26. The Morgan fingerprint density at radius 2 is 1.81 bits per heavy atom. The van der Waals surface area contributed by atoms with Crippen molar-refractivity contribution < 1.29 is 4.92 Å². The molecular weight excluding hydrogens is 332 g/mol. The van der Waals surface area contributed by atoms with Crippen LogP contribution < -0.4 is 5.32 Å². The Kier molecular flexibility index (Phi) is 4.63. The third-order valence-electron chi connectivity index (χ3n) is 3.55. The van der Waals surface area contributed by atoms with Gasteiger partial charge in [-0.05, 0) is 49.6 Å². The third-order valence-corrected chi connectivity index (χ3v) is 4.27. The second-order valence-corrected chi connectivity index (χ2v) is 5.95. The molecule has 21 heavy (non-hydrogen) atoms. The van der Waals surface area contributed by atoms with Crippen LogP contribution in [0.2, 0.25) is 0 Å². The van der Waals surface area contributed by atoms with Gasteiger partial charge < -0.3 is 5.32 Å². The van der Waals surface area contributed by atoms with E-state index < -0.39 is 0 Å². The van der Waals surface area contributed by atoms with E-state index in [0.717, 1.165) is 21.2 Å². The van der Waals surface area contributed by atoms with Crippen LogP contribution in [-0.2, 0) is 0 Å². The molecule has 0 aliphatic carbocycles. The van der Waals surface area contributed by atoms with Crippen molar-refractivity contribution in [1.29, 1.82) is 0 Å².